The molecule has 0 radical (unpaired) electrons. The Bertz CT molecular complexity index is 1240. The summed E-state index contributed by atoms with van der Waals surface area (Å²) in [5.41, 5.74) is 0.895. The van der Waals surface area contributed by atoms with Gasteiger partial charge in [-0.15, -0.1) is 13.2 Å². The quantitative estimate of drug-likeness (QED) is 0.324. The van der Waals surface area contributed by atoms with Crippen molar-refractivity contribution in [2.75, 3.05) is 0 Å². The smallest absolute Gasteiger partial charge is 0.445 e. The molecule has 2 amide bonds. The predicted octanol–water partition coefficient (Wildman–Crippen LogP) is 4.50. The summed E-state index contributed by atoms with van der Waals surface area (Å²) in [6.07, 6.45) is -4.06. The van der Waals surface area contributed by atoms with E-state index in [4.69, 9.17) is 4.74 Å². The van der Waals surface area contributed by atoms with Crippen molar-refractivity contribution in [1.29, 1.82) is 0 Å². The van der Waals surface area contributed by atoms with Gasteiger partial charge < -0.3 is 25.2 Å². The minimum Gasteiger partial charge on any atom is -0.445 e. The van der Waals surface area contributed by atoms with Gasteiger partial charge in [-0.05, 0) is 49.2 Å². The first-order valence-corrected chi connectivity index (χ1v) is 12.1. The highest BCUT2D eigenvalue weighted by atomic mass is 19.4. The van der Waals surface area contributed by atoms with Gasteiger partial charge in [-0.2, -0.15) is 0 Å². The summed E-state index contributed by atoms with van der Waals surface area (Å²) in [6.45, 7) is 3.30. The number of amides is 2. The second-order valence-corrected chi connectivity index (χ2v) is 9.00. The summed E-state index contributed by atoms with van der Waals surface area (Å²) in [5, 5.41) is 15.7. The molecule has 0 saturated heterocycles. The van der Waals surface area contributed by atoms with Crippen molar-refractivity contribution in [3.63, 3.8) is 0 Å². The number of hydrogen-bond acceptors (Lipinski definition) is 7. The number of ether oxygens (including phenoxy) is 2. The van der Waals surface area contributed by atoms with E-state index in [9.17, 15) is 27.9 Å². The van der Waals surface area contributed by atoms with E-state index in [1.165, 1.54) is 30.6 Å². The van der Waals surface area contributed by atoms with Crippen LogP contribution in [0.5, 0.6) is 5.75 Å². The van der Waals surface area contributed by atoms with Crippen molar-refractivity contribution in [1.82, 2.24) is 20.6 Å². The van der Waals surface area contributed by atoms with Gasteiger partial charge >= 0.3 is 12.5 Å². The molecule has 0 aliphatic heterocycles. The first-order chi connectivity index (χ1) is 18.4. The van der Waals surface area contributed by atoms with E-state index < -0.39 is 30.0 Å². The van der Waals surface area contributed by atoms with E-state index in [0.717, 1.165) is 5.56 Å². The molecule has 2 atom stereocenters. The Kier molecular flexibility index (Phi) is 9.83. The van der Waals surface area contributed by atoms with Crippen LogP contribution in [0.3, 0.4) is 0 Å². The van der Waals surface area contributed by atoms with Crippen molar-refractivity contribution in [2.45, 2.75) is 57.8 Å². The Morgan fingerprint density at radius 1 is 1.05 bits per heavy atom. The third-order valence-corrected chi connectivity index (χ3v) is 5.78. The van der Waals surface area contributed by atoms with Crippen LogP contribution in [-0.2, 0) is 22.7 Å². The predicted molar refractivity (Wildman–Crippen MR) is 135 cm³/mol. The third kappa shape index (κ3) is 9.89. The second kappa shape index (κ2) is 13.1. The normalized spacial score (nSPS) is 13.6. The van der Waals surface area contributed by atoms with Crippen LogP contribution < -0.4 is 15.4 Å². The summed E-state index contributed by atoms with van der Waals surface area (Å²) in [6, 6.07) is 14.7. The number of benzene rings is 2. The molecule has 2 aromatic carbocycles. The molecule has 3 rings (SSSR count). The summed E-state index contributed by atoms with van der Waals surface area (Å²) < 4.78 is 46.3. The number of aliphatic hydroxyl groups is 1. The molecule has 0 fully saturated rings. The number of alkyl halides is 3. The van der Waals surface area contributed by atoms with Crippen LogP contribution in [0.1, 0.15) is 37.9 Å². The summed E-state index contributed by atoms with van der Waals surface area (Å²) >= 11 is 0. The van der Waals surface area contributed by atoms with Crippen LogP contribution in [0.25, 0.3) is 11.3 Å². The Labute approximate surface area is 223 Å². The summed E-state index contributed by atoms with van der Waals surface area (Å²) in [4.78, 5) is 33.6. The van der Waals surface area contributed by atoms with Gasteiger partial charge in [0.15, 0.2) is 0 Å². The first kappa shape index (κ1) is 29.4. The van der Waals surface area contributed by atoms with Gasteiger partial charge in [-0.1, -0.05) is 37.3 Å². The van der Waals surface area contributed by atoms with Crippen LogP contribution in [0.4, 0.5) is 18.0 Å². The van der Waals surface area contributed by atoms with Crippen molar-refractivity contribution in [3.8, 4) is 17.0 Å². The maximum Gasteiger partial charge on any atom is 0.573 e. The van der Waals surface area contributed by atoms with E-state index in [2.05, 4.69) is 25.3 Å². The average Bonchev–Trinajstić information content (AvgIpc) is 2.90. The molecule has 9 nitrogen and oxygen atoms in total. The largest absolute Gasteiger partial charge is 0.573 e. The number of nitrogens with one attached hydrogen (secondary N) is 2. The molecule has 1 heterocycles. The first-order valence-electron chi connectivity index (χ1n) is 12.1. The molecular formula is C27H29F3N4O5. The highest BCUT2D eigenvalue weighted by Crippen LogP contribution is 2.26. The molecule has 3 aromatic rings. The van der Waals surface area contributed by atoms with Crippen LogP contribution in [-0.4, -0.2) is 45.1 Å². The lowest BCUT2D eigenvalue weighted by molar-refractivity contribution is -0.274. The number of halogens is 3. The number of hydrogen-bond donors (Lipinski definition) is 3. The van der Waals surface area contributed by atoms with Crippen LogP contribution >= 0.6 is 0 Å². The van der Waals surface area contributed by atoms with E-state index in [1.807, 2.05) is 6.07 Å². The van der Waals surface area contributed by atoms with Gasteiger partial charge in [0, 0.05) is 12.0 Å². The number of nitrogens with zero attached hydrogens (tertiary/aromatic N) is 2. The minimum absolute atomic E-state index is 0.0121. The van der Waals surface area contributed by atoms with E-state index in [0.29, 0.717) is 23.4 Å². The lowest BCUT2D eigenvalue weighted by atomic mass is 9.94. The van der Waals surface area contributed by atoms with E-state index in [1.54, 1.807) is 44.2 Å². The number of alkyl carbamates (subject to hydrolysis) is 1. The topological polar surface area (TPSA) is 123 Å². The fraction of sp³-hybridized carbons (Fsp3) is 0.333. The fourth-order valence-corrected chi connectivity index (χ4v) is 3.48. The fourth-order valence-electron chi connectivity index (χ4n) is 3.48. The molecule has 3 N–H and O–H groups in total. The SMILES string of the molecule is CCC(C)(O)C[C@H](NC(=O)OCc1ccccc1)C(=O)NCc1cc(-c2ccc(OC(F)(F)F)cc2)ncn1. The molecule has 1 unspecified atom stereocenters. The van der Waals surface area contributed by atoms with Crippen LogP contribution in [0.2, 0.25) is 0 Å². The maximum absolute atomic E-state index is 13.0. The molecule has 0 aliphatic carbocycles. The second-order valence-electron chi connectivity index (χ2n) is 9.00. The molecule has 1 aromatic heterocycles. The van der Waals surface area contributed by atoms with Crippen molar-refractivity contribution in [2.24, 2.45) is 0 Å². The number of aromatic nitrogens is 2. The molecule has 0 aliphatic rings. The van der Waals surface area contributed by atoms with E-state index in [-0.39, 0.29) is 25.3 Å². The molecular weight excluding hydrogens is 517 g/mol. The zero-order valence-electron chi connectivity index (χ0n) is 21.4. The average molecular weight is 547 g/mol. The maximum atomic E-state index is 13.0. The lowest BCUT2D eigenvalue weighted by Crippen LogP contribution is -2.50. The van der Waals surface area contributed by atoms with Crippen molar-refractivity contribution >= 4 is 12.0 Å². The van der Waals surface area contributed by atoms with Gasteiger partial charge in [0.1, 0.15) is 24.7 Å². The number of rotatable bonds is 11. The third-order valence-electron chi connectivity index (χ3n) is 5.78. The Balaban J connectivity index is 1.63. The molecule has 0 spiro atoms. The Morgan fingerprint density at radius 3 is 2.38 bits per heavy atom. The van der Waals surface area contributed by atoms with Crippen molar-refractivity contribution < 1.29 is 37.3 Å². The van der Waals surface area contributed by atoms with Crippen LogP contribution in [0.15, 0.2) is 67.0 Å². The van der Waals surface area contributed by atoms with E-state index >= 15 is 0 Å². The van der Waals surface area contributed by atoms with Gasteiger partial charge in [0.05, 0.1) is 23.5 Å². The zero-order chi connectivity index (χ0) is 28.5. The molecule has 0 saturated carbocycles. The Hall–Kier alpha value is -4.19. The standard InChI is InChI=1S/C27H29F3N4O5/c1-3-26(2,37)14-23(34-25(36)38-16-18-7-5-4-6-8-18)24(35)31-15-20-13-22(33-17-32-20)19-9-11-21(12-10-19)39-27(28,29)30/h4-13,17,23,37H,3,14-16H2,1-2H3,(H,31,35)(H,34,36)/t23-,26?/m0/s1. The number of carbonyl (C=O) groups is 2. The van der Waals surface area contributed by atoms with Crippen LogP contribution in [0, 0.1) is 0 Å². The monoisotopic (exact) mass is 546 g/mol. The van der Waals surface area contributed by atoms with Gasteiger partial charge in [0.2, 0.25) is 5.91 Å². The minimum atomic E-state index is -4.79. The molecule has 39 heavy (non-hydrogen) atoms. The van der Waals surface area contributed by atoms with Crippen molar-refractivity contribution in [3.05, 3.63) is 78.2 Å². The van der Waals surface area contributed by atoms with Gasteiger partial charge in [-0.3, -0.25) is 4.79 Å². The molecule has 0 bridgehead atoms. The highest BCUT2D eigenvalue weighted by molar-refractivity contribution is 5.85. The van der Waals surface area contributed by atoms with Gasteiger partial charge in [-0.25, -0.2) is 14.8 Å². The van der Waals surface area contributed by atoms with Gasteiger partial charge in [0.25, 0.3) is 0 Å². The zero-order valence-corrected chi connectivity index (χ0v) is 21.4. The highest BCUT2D eigenvalue weighted by Gasteiger charge is 2.31. The molecule has 12 heteroatoms. The Morgan fingerprint density at radius 2 is 1.74 bits per heavy atom. The number of carbonyl (C=O) groups excluding carboxylic acids is 2. The summed E-state index contributed by atoms with van der Waals surface area (Å²) in [7, 11) is 0. The lowest BCUT2D eigenvalue weighted by Gasteiger charge is -2.27. The molecule has 208 valence electrons. The summed E-state index contributed by atoms with van der Waals surface area (Å²) in [5.74, 6) is -0.925.